The molecule has 3 nitrogen and oxygen atoms in total. The molecule has 2 aromatic rings. The van der Waals surface area contributed by atoms with Gasteiger partial charge in [-0.2, -0.15) is 13.2 Å². The molecule has 1 aromatic heterocycles. The van der Waals surface area contributed by atoms with Crippen LogP contribution in [0.1, 0.15) is 32.2 Å². The highest BCUT2D eigenvalue weighted by atomic mass is 19.4. The Labute approximate surface area is 121 Å². The molecule has 0 aliphatic rings. The number of nitrogens with zero attached hydrogens (tertiary/aromatic N) is 2. The molecule has 2 rings (SSSR count). The molecule has 0 radical (unpaired) electrons. The van der Waals surface area contributed by atoms with Gasteiger partial charge in [-0.1, -0.05) is 32.9 Å². The normalized spacial score (nSPS) is 12.5. The van der Waals surface area contributed by atoms with Crippen LogP contribution >= 0.6 is 0 Å². The Balaban J connectivity index is 2.55. The van der Waals surface area contributed by atoms with E-state index < -0.39 is 11.7 Å². The fourth-order valence-corrected chi connectivity index (χ4v) is 1.80. The largest absolute Gasteiger partial charge is 0.416 e. The van der Waals surface area contributed by atoms with E-state index >= 15 is 0 Å². The number of benzene rings is 1. The number of hydrogen-bond donors (Lipinski definition) is 1. The molecular weight excluding hydrogens is 279 g/mol. The van der Waals surface area contributed by atoms with Crippen molar-refractivity contribution in [3.05, 3.63) is 41.7 Å². The Morgan fingerprint density at radius 2 is 1.67 bits per heavy atom. The summed E-state index contributed by atoms with van der Waals surface area (Å²) in [5, 5.41) is 0. The number of aromatic nitrogens is 2. The van der Waals surface area contributed by atoms with Crippen molar-refractivity contribution in [1.29, 1.82) is 0 Å². The molecule has 1 aromatic carbocycles. The third kappa shape index (κ3) is 3.51. The van der Waals surface area contributed by atoms with Crippen molar-refractivity contribution < 1.29 is 13.2 Å². The second-order valence-corrected chi connectivity index (χ2v) is 5.83. The van der Waals surface area contributed by atoms with Crippen molar-refractivity contribution in [3.63, 3.8) is 0 Å². The molecule has 2 N–H and O–H groups in total. The number of anilines is 1. The van der Waals surface area contributed by atoms with E-state index in [2.05, 4.69) is 9.97 Å². The molecule has 1 heterocycles. The summed E-state index contributed by atoms with van der Waals surface area (Å²) in [7, 11) is 0. The van der Waals surface area contributed by atoms with Gasteiger partial charge < -0.3 is 5.73 Å². The summed E-state index contributed by atoms with van der Waals surface area (Å²) in [4.78, 5) is 8.49. The summed E-state index contributed by atoms with van der Waals surface area (Å²) in [6.45, 7) is 5.74. The van der Waals surface area contributed by atoms with Crippen LogP contribution in [0, 0.1) is 0 Å². The second kappa shape index (κ2) is 5.02. The van der Waals surface area contributed by atoms with Crippen LogP contribution in [-0.2, 0) is 11.6 Å². The lowest BCUT2D eigenvalue weighted by Gasteiger charge is -2.18. The molecule has 0 spiro atoms. The predicted octanol–water partition coefficient (Wildman–Crippen LogP) is 4.04. The highest BCUT2D eigenvalue weighted by molar-refractivity contribution is 5.63. The average molecular weight is 295 g/mol. The fraction of sp³-hybridized carbons (Fsp3) is 0.333. The maximum absolute atomic E-state index is 12.8. The topological polar surface area (TPSA) is 51.8 Å². The highest BCUT2D eigenvalue weighted by Gasteiger charge is 2.30. The number of alkyl halides is 3. The third-order valence-electron chi connectivity index (χ3n) is 2.90. The van der Waals surface area contributed by atoms with Gasteiger partial charge in [-0.05, 0) is 12.1 Å². The van der Waals surface area contributed by atoms with Gasteiger partial charge in [0.1, 0.15) is 11.6 Å². The van der Waals surface area contributed by atoms with Crippen molar-refractivity contribution in [2.45, 2.75) is 32.4 Å². The van der Waals surface area contributed by atoms with Gasteiger partial charge in [0.15, 0.2) is 0 Å². The van der Waals surface area contributed by atoms with Crippen LogP contribution < -0.4 is 5.73 Å². The smallest absolute Gasteiger partial charge is 0.384 e. The molecule has 0 saturated heterocycles. The molecule has 0 aliphatic carbocycles. The van der Waals surface area contributed by atoms with Gasteiger partial charge in [-0.25, -0.2) is 9.97 Å². The Morgan fingerprint density at radius 1 is 1.00 bits per heavy atom. The van der Waals surface area contributed by atoms with Crippen LogP contribution in [0.5, 0.6) is 0 Å². The number of rotatable bonds is 1. The van der Waals surface area contributed by atoms with Gasteiger partial charge >= 0.3 is 6.18 Å². The first-order chi connectivity index (χ1) is 9.57. The quantitative estimate of drug-likeness (QED) is 0.863. The van der Waals surface area contributed by atoms with E-state index in [0.717, 1.165) is 12.1 Å². The summed E-state index contributed by atoms with van der Waals surface area (Å²) in [5.41, 5.74) is 5.44. The molecule has 0 atom stereocenters. The van der Waals surface area contributed by atoms with Gasteiger partial charge in [0.2, 0.25) is 0 Å². The van der Waals surface area contributed by atoms with Gasteiger partial charge in [-0.15, -0.1) is 0 Å². The lowest BCUT2D eigenvalue weighted by Crippen LogP contribution is -2.17. The van der Waals surface area contributed by atoms with E-state index in [4.69, 9.17) is 5.73 Å². The van der Waals surface area contributed by atoms with Crippen LogP contribution in [0.2, 0.25) is 0 Å². The van der Waals surface area contributed by atoms with Crippen LogP contribution in [0.25, 0.3) is 11.3 Å². The molecule has 6 heteroatoms. The summed E-state index contributed by atoms with van der Waals surface area (Å²) in [6, 6.07) is 6.49. The number of nitrogens with two attached hydrogens (primary N) is 1. The Bertz CT molecular complexity index is 658. The number of nitrogen functional groups attached to an aromatic ring is 1. The average Bonchev–Trinajstić information content (AvgIpc) is 2.36. The summed E-state index contributed by atoms with van der Waals surface area (Å²) >= 11 is 0. The SMILES string of the molecule is CC(C)(C)c1nc(N)cc(-c2cccc(C(F)(F)F)c2)n1. The third-order valence-corrected chi connectivity index (χ3v) is 2.90. The zero-order valence-electron chi connectivity index (χ0n) is 12.0. The maximum Gasteiger partial charge on any atom is 0.416 e. The summed E-state index contributed by atoms with van der Waals surface area (Å²) < 4.78 is 38.3. The van der Waals surface area contributed by atoms with Gasteiger partial charge in [0.25, 0.3) is 0 Å². The molecule has 0 aliphatic heterocycles. The minimum atomic E-state index is -4.39. The van der Waals surface area contributed by atoms with Gasteiger partial charge in [0, 0.05) is 17.0 Å². The maximum atomic E-state index is 12.8. The van der Waals surface area contributed by atoms with E-state index in [0.29, 0.717) is 17.1 Å². The second-order valence-electron chi connectivity index (χ2n) is 5.83. The van der Waals surface area contributed by atoms with Gasteiger partial charge in [-0.3, -0.25) is 0 Å². The lowest BCUT2D eigenvalue weighted by atomic mass is 9.95. The summed E-state index contributed by atoms with van der Waals surface area (Å²) in [6.07, 6.45) is -4.39. The molecule has 21 heavy (non-hydrogen) atoms. The molecule has 0 amide bonds. The molecule has 0 saturated carbocycles. The van der Waals surface area contributed by atoms with E-state index in [1.54, 1.807) is 6.07 Å². The standard InChI is InChI=1S/C15H16F3N3/c1-14(2,3)13-20-11(8-12(19)21-13)9-5-4-6-10(7-9)15(16,17)18/h4-8H,1-3H3,(H2,19,20,21). The minimum Gasteiger partial charge on any atom is -0.384 e. The van der Waals surface area contributed by atoms with Crippen LogP contribution in [0.4, 0.5) is 19.0 Å². The fourth-order valence-electron chi connectivity index (χ4n) is 1.80. The van der Waals surface area contributed by atoms with Crippen molar-refractivity contribution in [3.8, 4) is 11.3 Å². The Morgan fingerprint density at radius 3 is 2.24 bits per heavy atom. The van der Waals surface area contributed by atoms with Crippen LogP contribution in [0.3, 0.4) is 0 Å². The van der Waals surface area contributed by atoms with Crippen LogP contribution in [0.15, 0.2) is 30.3 Å². The van der Waals surface area contributed by atoms with Crippen molar-refractivity contribution in [1.82, 2.24) is 9.97 Å². The van der Waals surface area contributed by atoms with E-state index in [1.165, 1.54) is 12.1 Å². The molecule has 112 valence electrons. The summed E-state index contributed by atoms with van der Waals surface area (Å²) in [5.74, 6) is 0.734. The number of hydrogen-bond acceptors (Lipinski definition) is 3. The Kier molecular flexibility index (Phi) is 3.65. The van der Waals surface area contributed by atoms with Crippen molar-refractivity contribution in [2.75, 3.05) is 5.73 Å². The lowest BCUT2D eigenvalue weighted by molar-refractivity contribution is -0.137. The predicted molar refractivity (Wildman–Crippen MR) is 75.6 cm³/mol. The minimum absolute atomic E-state index is 0.238. The van der Waals surface area contributed by atoms with Crippen LogP contribution in [-0.4, -0.2) is 9.97 Å². The molecule has 0 fully saturated rings. The highest BCUT2D eigenvalue weighted by Crippen LogP contribution is 2.32. The zero-order valence-corrected chi connectivity index (χ0v) is 12.0. The van der Waals surface area contributed by atoms with Crippen molar-refractivity contribution >= 4 is 5.82 Å². The zero-order chi connectivity index (χ0) is 15.8. The first-order valence-electron chi connectivity index (χ1n) is 6.40. The van der Waals surface area contributed by atoms with E-state index in [1.807, 2.05) is 20.8 Å². The molecule has 0 unspecified atom stereocenters. The molecular formula is C15H16F3N3. The van der Waals surface area contributed by atoms with E-state index in [-0.39, 0.29) is 11.2 Å². The number of halogens is 3. The van der Waals surface area contributed by atoms with Crippen molar-refractivity contribution in [2.24, 2.45) is 0 Å². The van der Waals surface area contributed by atoms with E-state index in [9.17, 15) is 13.2 Å². The first kappa shape index (κ1) is 15.3. The first-order valence-corrected chi connectivity index (χ1v) is 6.40. The Hall–Kier alpha value is -2.11. The monoisotopic (exact) mass is 295 g/mol. The van der Waals surface area contributed by atoms with Gasteiger partial charge in [0.05, 0.1) is 11.3 Å². The molecule has 0 bridgehead atoms.